The van der Waals surface area contributed by atoms with Gasteiger partial charge in [0.25, 0.3) is 0 Å². The van der Waals surface area contributed by atoms with Crippen molar-refractivity contribution < 1.29 is 5.11 Å². The Kier molecular flexibility index (Phi) is 2.47. The van der Waals surface area contributed by atoms with E-state index in [1.54, 1.807) is 0 Å². The van der Waals surface area contributed by atoms with E-state index in [0.29, 0.717) is 5.92 Å². The molecule has 2 heteroatoms. The second-order valence-corrected chi connectivity index (χ2v) is 4.83. The van der Waals surface area contributed by atoms with Gasteiger partial charge in [-0.15, -0.1) is 0 Å². The lowest BCUT2D eigenvalue weighted by Crippen LogP contribution is -2.27. The third-order valence-electron chi connectivity index (χ3n) is 3.30. The minimum absolute atomic E-state index is 0.443. The van der Waals surface area contributed by atoms with Crippen molar-refractivity contribution in [3.8, 4) is 0 Å². The molecule has 0 bridgehead atoms. The van der Waals surface area contributed by atoms with Gasteiger partial charge in [0, 0.05) is 25.3 Å². The first-order valence-corrected chi connectivity index (χ1v) is 5.52. The Balaban J connectivity index is 2.42. The average molecular weight is 205 g/mol. The molecule has 0 amide bonds. The number of rotatable bonds is 3. The number of nitrogens with zero attached hydrogens (tertiary/aromatic N) is 1. The van der Waals surface area contributed by atoms with Crippen LogP contribution in [0.15, 0.2) is 24.3 Å². The molecule has 0 heterocycles. The van der Waals surface area contributed by atoms with Crippen molar-refractivity contribution in [1.82, 2.24) is 0 Å². The number of benzene rings is 1. The highest BCUT2D eigenvalue weighted by atomic mass is 16.3. The molecule has 1 fully saturated rings. The second-order valence-electron chi connectivity index (χ2n) is 4.83. The summed E-state index contributed by atoms with van der Waals surface area (Å²) < 4.78 is 0. The molecule has 1 atom stereocenters. The summed E-state index contributed by atoms with van der Waals surface area (Å²) in [5.74, 6) is 0.443. The summed E-state index contributed by atoms with van der Waals surface area (Å²) in [6, 6.07) is 8.11. The van der Waals surface area contributed by atoms with Crippen LogP contribution >= 0.6 is 0 Å². The van der Waals surface area contributed by atoms with Crippen molar-refractivity contribution in [3.63, 3.8) is 0 Å². The van der Waals surface area contributed by atoms with E-state index in [1.165, 1.54) is 0 Å². The lowest BCUT2D eigenvalue weighted by Gasteiger charge is -2.28. The van der Waals surface area contributed by atoms with Crippen molar-refractivity contribution in [2.75, 3.05) is 19.0 Å². The molecule has 0 aromatic heterocycles. The molecule has 0 spiro atoms. The Morgan fingerprint density at radius 3 is 2.40 bits per heavy atom. The molecular weight excluding hydrogens is 186 g/mol. The number of hydrogen-bond donors (Lipinski definition) is 1. The molecule has 0 aliphatic heterocycles. The molecule has 1 saturated carbocycles. The monoisotopic (exact) mass is 205 g/mol. The summed E-state index contributed by atoms with van der Waals surface area (Å²) in [6.07, 6.45) is 2.30. The SMILES string of the molecule is CN(C)c1ccccc1C(C)(O)C1CC1. The summed E-state index contributed by atoms with van der Waals surface area (Å²) >= 11 is 0. The topological polar surface area (TPSA) is 23.5 Å². The maximum absolute atomic E-state index is 10.5. The van der Waals surface area contributed by atoms with Crippen molar-refractivity contribution in [3.05, 3.63) is 29.8 Å². The van der Waals surface area contributed by atoms with Crippen LogP contribution in [0.25, 0.3) is 0 Å². The van der Waals surface area contributed by atoms with Gasteiger partial charge in [-0.2, -0.15) is 0 Å². The van der Waals surface area contributed by atoms with Crippen LogP contribution in [0.5, 0.6) is 0 Å². The summed E-state index contributed by atoms with van der Waals surface area (Å²) in [4.78, 5) is 2.06. The highest BCUT2D eigenvalue weighted by Crippen LogP contribution is 2.47. The molecule has 1 aliphatic carbocycles. The molecule has 0 saturated heterocycles. The molecular formula is C13H19NO. The van der Waals surface area contributed by atoms with Gasteiger partial charge in [0.05, 0.1) is 5.60 Å². The van der Waals surface area contributed by atoms with Crippen LogP contribution in [-0.2, 0) is 5.60 Å². The Labute approximate surface area is 91.5 Å². The molecule has 2 rings (SSSR count). The van der Waals surface area contributed by atoms with E-state index in [4.69, 9.17) is 0 Å². The molecule has 1 aromatic carbocycles. The van der Waals surface area contributed by atoms with Gasteiger partial charge in [-0.25, -0.2) is 0 Å². The van der Waals surface area contributed by atoms with Gasteiger partial charge >= 0.3 is 0 Å². The quantitative estimate of drug-likeness (QED) is 0.819. The fourth-order valence-corrected chi connectivity index (χ4v) is 2.16. The zero-order valence-corrected chi connectivity index (χ0v) is 9.70. The van der Waals surface area contributed by atoms with Gasteiger partial charge in [-0.3, -0.25) is 0 Å². The third kappa shape index (κ3) is 1.86. The number of anilines is 1. The normalized spacial score (nSPS) is 19.7. The minimum atomic E-state index is -0.666. The largest absolute Gasteiger partial charge is 0.385 e. The summed E-state index contributed by atoms with van der Waals surface area (Å²) in [6.45, 7) is 1.94. The van der Waals surface area contributed by atoms with Gasteiger partial charge in [0.1, 0.15) is 0 Å². The standard InChI is InChI=1S/C13H19NO/c1-13(15,10-8-9-10)11-6-4-5-7-12(11)14(2)3/h4-7,10,15H,8-9H2,1-3H3. The average Bonchev–Trinajstić information content (AvgIpc) is 3.01. The third-order valence-corrected chi connectivity index (χ3v) is 3.30. The van der Waals surface area contributed by atoms with E-state index in [2.05, 4.69) is 11.0 Å². The first-order chi connectivity index (χ1) is 7.03. The Bertz CT molecular complexity index is 353. The van der Waals surface area contributed by atoms with Gasteiger partial charge in [0.15, 0.2) is 0 Å². The van der Waals surface area contributed by atoms with E-state index >= 15 is 0 Å². The zero-order valence-electron chi connectivity index (χ0n) is 9.70. The Hall–Kier alpha value is -1.02. The predicted molar refractivity (Wildman–Crippen MR) is 63.1 cm³/mol. The Morgan fingerprint density at radius 1 is 1.27 bits per heavy atom. The van der Waals surface area contributed by atoms with E-state index in [-0.39, 0.29) is 0 Å². The second kappa shape index (κ2) is 3.53. The molecule has 1 unspecified atom stereocenters. The fourth-order valence-electron chi connectivity index (χ4n) is 2.16. The van der Waals surface area contributed by atoms with E-state index < -0.39 is 5.60 Å². The lowest BCUT2D eigenvalue weighted by molar-refractivity contribution is 0.0336. The molecule has 1 aliphatic rings. The smallest absolute Gasteiger partial charge is 0.0916 e. The molecule has 1 aromatic rings. The molecule has 82 valence electrons. The Morgan fingerprint density at radius 2 is 1.87 bits per heavy atom. The van der Waals surface area contributed by atoms with Crippen molar-refractivity contribution in [2.24, 2.45) is 5.92 Å². The van der Waals surface area contributed by atoms with Crippen molar-refractivity contribution in [2.45, 2.75) is 25.4 Å². The van der Waals surface area contributed by atoms with Crippen LogP contribution < -0.4 is 4.90 Å². The maximum Gasteiger partial charge on any atom is 0.0916 e. The number of hydrogen-bond acceptors (Lipinski definition) is 2. The number of aliphatic hydroxyl groups is 1. The maximum atomic E-state index is 10.5. The highest BCUT2D eigenvalue weighted by Gasteiger charge is 2.42. The van der Waals surface area contributed by atoms with Gasteiger partial charge in [-0.1, -0.05) is 18.2 Å². The lowest BCUT2D eigenvalue weighted by atomic mass is 9.89. The van der Waals surface area contributed by atoms with E-state index in [0.717, 1.165) is 24.1 Å². The van der Waals surface area contributed by atoms with Crippen molar-refractivity contribution in [1.29, 1.82) is 0 Å². The van der Waals surface area contributed by atoms with Crippen LogP contribution in [0.4, 0.5) is 5.69 Å². The molecule has 2 nitrogen and oxygen atoms in total. The van der Waals surface area contributed by atoms with Gasteiger partial charge in [0.2, 0.25) is 0 Å². The zero-order chi connectivity index (χ0) is 11.1. The van der Waals surface area contributed by atoms with Crippen LogP contribution in [0.1, 0.15) is 25.3 Å². The summed E-state index contributed by atoms with van der Waals surface area (Å²) in [5.41, 5.74) is 1.51. The highest BCUT2D eigenvalue weighted by molar-refractivity contribution is 5.55. The minimum Gasteiger partial charge on any atom is -0.385 e. The van der Waals surface area contributed by atoms with Crippen LogP contribution in [-0.4, -0.2) is 19.2 Å². The van der Waals surface area contributed by atoms with Crippen LogP contribution in [0, 0.1) is 5.92 Å². The van der Waals surface area contributed by atoms with Crippen LogP contribution in [0.3, 0.4) is 0 Å². The fraction of sp³-hybridized carbons (Fsp3) is 0.538. The first kappa shape index (κ1) is 10.5. The predicted octanol–water partition coefficient (Wildman–Crippen LogP) is 2.37. The summed E-state index contributed by atoms with van der Waals surface area (Å²) in [5, 5.41) is 10.5. The first-order valence-electron chi connectivity index (χ1n) is 5.52. The molecule has 0 radical (unpaired) electrons. The van der Waals surface area contributed by atoms with Gasteiger partial charge < -0.3 is 10.0 Å². The van der Waals surface area contributed by atoms with Crippen molar-refractivity contribution >= 4 is 5.69 Å². The number of para-hydroxylation sites is 1. The molecule has 15 heavy (non-hydrogen) atoms. The van der Waals surface area contributed by atoms with Crippen LogP contribution in [0.2, 0.25) is 0 Å². The van der Waals surface area contributed by atoms with E-state index in [9.17, 15) is 5.11 Å². The molecule has 1 N–H and O–H groups in total. The summed E-state index contributed by atoms with van der Waals surface area (Å²) in [7, 11) is 4.03. The van der Waals surface area contributed by atoms with E-state index in [1.807, 2.05) is 39.2 Å². The van der Waals surface area contributed by atoms with Gasteiger partial charge in [-0.05, 0) is 31.7 Å².